The Morgan fingerprint density at radius 1 is 1.31 bits per heavy atom. The van der Waals surface area contributed by atoms with Crippen LogP contribution in [0.5, 0.6) is 0 Å². The number of aryl methyl sites for hydroxylation is 1. The van der Waals surface area contributed by atoms with E-state index in [4.69, 9.17) is 11.6 Å². The normalized spacial score (nSPS) is 14.2. The molecule has 0 bridgehead atoms. The minimum absolute atomic E-state index is 0.000365. The Kier molecular flexibility index (Phi) is 4.81. The summed E-state index contributed by atoms with van der Waals surface area (Å²) in [7, 11) is 0. The van der Waals surface area contributed by atoms with E-state index in [0.717, 1.165) is 12.0 Å². The smallest absolute Gasteiger partial charge is 0.238 e. The summed E-state index contributed by atoms with van der Waals surface area (Å²) in [5, 5.41) is 2.37. The summed E-state index contributed by atoms with van der Waals surface area (Å²) in [6.45, 7) is 5.75. The number of halogens is 1. The zero-order chi connectivity index (χ0) is 12.1. The maximum atomic E-state index is 11.4. The molecule has 0 fully saturated rings. The third kappa shape index (κ3) is 3.53. The highest BCUT2D eigenvalue weighted by Gasteiger charge is 2.13. The molecule has 0 aliphatic rings. The Hall–Kier alpha value is -1.02. The van der Waals surface area contributed by atoms with Crippen LogP contribution in [0.15, 0.2) is 24.3 Å². The van der Waals surface area contributed by atoms with Crippen LogP contribution in [0.25, 0.3) is 0 Å². The predicted molar refractivity (Wildman–Crippen MR) is 67.7 cm³/mol. The minimum Gasteiger partial charge on any atom is -0.348 e. The van der Waals surface area contributed by atoms with E-state index in [9.17, 15) is 4.79 Å². The predicted octanol–water partition coefficient (Wildman–Crippen LogP) is 3.05. The molecule has 0 aliphatic carbocycles. The van der Waals surface area contributed by atoms with E-state index in [0.29, 0.717) is 0 Å². The number of carbonyl (C=O) groups is 1. The van der Waals surface area contributed by atoms with Gasteiger partial charge in [-0.2, -0.15) is 0 Å². The number of amides is 1. The van der Waals surface area contributed by atoms with Gasteiger partial charge >= 0.3 is 0 Å². The van der Waals surface area contributed by atoms with Gasteiger partial charge in [-0.05, 0) is 31.4 Å². The number of alkyl halides is 1. The van der Waals surface area contributed by atoms with Gasteiger partial charge in [0.15, 0.2) is 0 Å². The van der Waals surface area contributed by atoms with Gasteiger partial charge in [0, 0.05) is 0 Å². The standard InChI is InChI=1S/C13H18ClNO/c1-4-11-5-7-12(8-6-11)10(3)15-13(16)9(2)14/h5-10H,4H2,1-3H3,(H,15,16)/t9-,10+/m1/s1. The van der Waals surface area contributed by atoms with Crippen molar-refractivity contribution in [3.63, 3.8) is 0 Å². The minimum atomic E-state index is -0.489. The van der Waals surface area contributed by atoms with Crippen LogP contribution in [0.3, 0.4) is 0 Å². The average molecular weight is 240 g/mol. The molecule has 1 N–H and O–H groups in total. The number of benzene rings is 1. The highest BCUT2D eigenvalue weighted by atomic mass is 35.5. The van der Waals surface area contributed by atoms with Crippen molar-refractivity contribution in [2.24, 2.45) is 0 Å². The van der Waals surface area contributed by atoms with Crippen LogP contribution < -0.4 is 5.32 Å². The van der Waals surface area contributed by atoms with E-state index in [1.165, 1.54) is 5.56 Å². The van der Waals surface area contributed by atoms with E-state index in [1.54, 1.807) is 6.92 Å². The molecule has 0 unspecified atom stereocenters. The first-order valence-electron chi connectivity index (χ1n) is 5.58. The molecule has 1 amide bonds. The molecule has 3 heteroatoms. The van der Waals surface area contributed by atoms with E-state index in [2.05, 4.69) is 24.4 Å². The third-order valence-corrected chi connectivity index (χ3v) is 2.81. The maximum absolute atomic E-state index is 11.4. The lowest BCUT2D eigenvalue weighted by atomic mass is 10.0. The molecule has 0 spiro atoms. The molecule has 2 nitrogen and oxygen atoms in total. The van der Waals surface area contributed by atoms with Crippen molar-refractivity contribution >= 4 is 17.5 Å². The molecular formula is C13H18ClNO. The zero-order valence-corrected chi connectivity index (χ0v) is 10.7. The van der Waals surface area contributed by atoms with E-state index in [-0.39, 0.29) is 11.9 Å². The van der Waals surface area contributed by atoms with Crippen molar-refractivity contribution in [1.82, 2.24) is 5.32 Å². The summed E-state index contributed by atoms with van der Waals surface area (Å²) in [4.78, 5) is 11.4. The van der Waals surface area contributed by atoms with E-state index < -0.39 is 5.38 Å². The Labute approximate surface area is 102 Å². The Balaban J connectivity index is 2.65. The fourth-order valence-corrected chi connectivity index (χ4v) is 1.52. The number of hydrogen-bond donors (Lipinski definition) is 1. The number of hydrogen-bond acceptors (Lipinski definition) is 1. The summed E-state index contributed by atoms with van der Waals surface area (Å²) in [5.74, 6) is -0.131. The highest BCUT2D eigenvalue weighted by molar-refractivity contribution is 6.30. The lowest BCUT2D eigenvalue weighted by Gasteiger charge is -2.15. The summed E-state index contributed by atoms with van der Waals surface area (Å²) in [6, 6.07) is 8.26. The largest absolute Gasteiger partial charge is 0.348 e. The first kappa shape index (κ1) is 13.0. The van der Waals surface area contributed by atoms with Crippen LogP contribution in [-0.2, 0) is 11.2 Å². The van der Waals surface area contributed by atoms with Gasteiger partial charge in [0.1, 0.15) is 5.38 Å². The van der Waals surface area contributed by atoms with Gasteiger partial charge in [-0.15, -0.1) is 11.6 Å². The molecule has 1 aromatic carbocycles. The zero-order valence-electron chi connectivity index (χ0n) is 9.96. The molecule has 2 atom stereocenters. The molecule has 0 saturated carbocycles. The van der Waals surface area contributed by atoms with Crippen molar-refractivity contribution in [3.8, 4) is 0 Å². The van der Waals surface area contributed by atoms with Crippen LogP contribution in [0.1, 0.15) is 37.9 Å². The van der Waals surface area contributed by atoms with Gasteiger partial charge in [0.05, 0.1) is 6.04 Å². The number of rotatable bonds is 4. The molecule has 1 rings (SSSR count). The molecule has 88 valence electrons. The second-order valence-corrected chi connectivity index (χ2v) is 4.60. The van der Waals surface area contributed by atoms with Crippen LogP contribution in [-0.4, -0.2) is 11.3 Å². The lowest BCUT2D eigenvalue weighted by Crippen LogP contribution is -2.31. The molecule has 0 aliphatic heterocycles. The molecule has 0 aromatic heterocycles. The monoisotopic (exact) mass is 239 g/mol. The topological polar surface area (TPSA) is 29.1 Å². The first-order chi connectivity index (χ1) is 7.54. The van der Waals surface area contributed by atoms with Gasteiger partial charge in [0.2, 0.25) is 5.91 Å². The molecule has 1 aromatic rings. The summed E-state index contributed by atoms with van der Waals surface area (Å²) < 4.78 is 0. The van der Waals surface area contributed by atoms with Crippen LogP contribution in [0, 0.1) is 0 Å². The molecular weight excluding hydrogens is 222 g/mol. The van der Waals surface area contributed by atoms with Gasteiger partial charge in [0.25, 0.3) is 0 Å². The second kappa shape index (κ2) is 5.90. The van der Waals surface area contributed by atoms with E-state index >= 15 is 0 Å². The van der Waals surface area contributed by atoms with Gasteiger partial charge in [-0.25, -0.2) is 0 Å². The quantitative estimate of drug-likeness (QED) is 0.804. The van der Waals surface area contributed by atoms with Gasteiger partial charge in [-0.1, -0.05) is 31.2 Å². The molecule has 0 radical (unpaired) electrons. The number of carbonyl (C=O) groups excluding carboxylic acids is 1. The number of nitrogens with one attached hydrogen (secondary N) is 1. The van der Waals surface area contributed by atoms with Gasteiger partial charge in [-0.3, -0.25) is 4.79 Å². The Morgan fingerprint density at radius 2 is 1.88 bits per heavy atom. The fourth-order valence-electron chi connectivity index (χ4n) is 1.45. The third-order valence-electron chi connectivity index (χ3n) is 2.61. The van der Waals surface area contributed by atoms with Crippen molar-refractivity contribution in [3.05, 3.63) is 35.4 Å². The van der Waals surface area contributed by atoms with Crippen molar-refractivity contribution in [2.45, 2.75) is 38.6 Å². The molecule has 0 saturated heterocycles. The van der Waals surface area contributed by atoms with E-state index in [1.807, 2.05) is 19.1 Å². The molecule has 16 heavy (non-hydrogen) atoms. The summed E-state index contributed by atoms with van der Waals surface area (Å²) >= 11 is 5.70. The Bertz CT molecular complexity index is 345. The fraction of sp³-hybridized carbons (Fsp3) is 0.462. The second-order valence-electron chi connectivity index (χ2n) is 3.94. The summed E-state index contributed by atoms with van der Waals surface area (Å²) in [5.41, 5.74) is 2.40. The van der Waals surface area contributed by atoms with Gasteiger partial charge < -0.3 is 5.32 Å². The first-order valence-corrected chi connectivity index (χ1v) is 6.01. The maximum Gasteiger partial charge on any atom is 0.238 e. The van der Waals surface area contributed by atoms with Crippen molar-refractivity contribution in [1.29, 1.82) is 0 Å². The van der Waals surface area contributed by atoms with Crippen LogP contribution in [0.2, 0.25) is 0 Å². The SMILES string of the molecule is CCc1ccc([C@H](C)NC(=O)[C@@H](C)Cl)cc1. The lowest BCUT2D eigenvalue weighted by molar-refractivity contribution is -0.121. The van der Waals surface area contributed by atoms with Crippen LogP contribution in [0.4, 0.5) is 0 Å². The highest BCUT2D eigenvalue weighted by Crippen LogP contribution is 2.14. The Morgan fingerprint density at radius 3 is 2.31 bits per heavy atom. The molecule has 0 heterocycles. The van der Waals surface area contributed by atoms with Crippen molar-refractivity contribution in [2.75, 3.05) is 0 Å². The summed E-state index contributed by atoms with van der Waals surface area (Å²) in [6.07, 6.45) is 1.03. The van der Waals surface area contributed by atoms with Crippen LogP contribution >= 0.6 is 11.6 Å². The average Bonchev–Trinajstić information content (AvgIpc) is 2.28. The van der Waals surface area contributed by atoms with Crippen molar-refractivity contribution < 1.29 is 4.79 Å².